The van der Waals surface area contributed by atoms with E-state index in [-0.39, 0.29) is 11.3 Å². The van der Waals surface area contributed by atoms with Gasteiger partial charge in [-0.2, -0.15) is 0 Å². The summed E-state index contributed by atoms with van der Waals surface area (Å²) in [4.78, 5) is 22.0. The van der Waals surface area contributed by atoms with Gasteiger partial charge in [0.1, 0.15) is 0 Å². The number of hydrogen-bond acceptors (Lipinski definition) is 3. The molecule has 1 aliphatic rings. The number of rotatable bonds is 2. The molecule has 1 aromatic carbocycles. The van der Waals surface area contributed by atoms with E-state index in [0.717, 1.165) is 15.7 Å². The Hall–Kier alpha value is -1.46. The molecule has 2 aromatic rings. The van der Waals surface area contributed by atoms with Crippen LogP contribution in [0.5, 0.6) is 0 Å². The van der Waals surface area contributed by atoms with Crippen molar-refractivity contribution < 1.29 is 4.79 Å². The molecule has 0 saturated carbocycles. The molecule has 102 valence electrons. The highest BCUT2D eigenvalue weighted by Gasteiger charge is 2.30. The van der Waals surface area contributed by atoms with Crippen molar-refractivity contribution in [2.75, 3.05) is 11.4 Å². The summed E-state index contributed by atoms with van der Waals surface area (Å²) in [7, 11) is 0. The van der Waals surface area contributed by atoms with Crippen LogP contribution in [0.4, 0.5) is 5.95 Å². The maximum absolute atomic E-state index is 11.8. The molecule has 0 N–H and O–H groups in total. The minimum atomic E-state index is -0.164. The second-order valence-corrected chi connectivity index (χ2v) is 6.09. The highest BCUT2D eigenvalue weighted by molar-refractivity contribution is 9.10. The first-order valence-electron chi connectivity index (χ1n) is 6.17. The molecule has 0 aliphatic carbocycles. The van der Waals surface area contributed by atoms with E-state index in [1.807, 2.05) is 30.3 Å². The van der Waals surface area contributed by atoms with Crippen molar-refractivity contribution in [3.63, 3.8) is 0 Å². The van der Waals surface area contributed by atoms with Crippen LogP contribution in [0.15, 0.2) is 41.0 Å². The van der Waals surface area contributed by atoms with Gasteiger partial charge in [-0.25, -0.2) is 9.97 Å². The molecule has 1 fully saturated rings. The molecule has 1 unspecified atom stereocenters. The third kappa shape index (κ3) is 2.69. The summed E-state index contributed by atoms with van der Waals surface area (Å²) in [5.41, 5.74) is 1.76. The van der Waals surface area contributed by atoms with E-state index >= 15 is 0 Å². The summed E-state index contributed by atoms with van der Waals surface area (Å²) in [6.45, 7) is 0.462. The van der Waals surface area contributed by atoms with Crippen molar-refractivity contribution in [1.29, 1.82) is 0 Å². The number of aromatic nitrogens is 2. The Morgan fingerprint density at radius 1 is 1.25 bits per heavy atom. The van der Waals surface area contributed by atoms with Crippen LogP contribution in [0.1, 0.15) is 6.42 Å². The Balaban J connectivity index is 1.94. The van der Waals surface area contributed by atoms with Crippen LogP contribution in [0, 0.1) is 0 Å². The summed E-state index contributed by atoms with van der Waals surface area (Å²) >= 11 is 9.40. The van der Waals surface area contributed by atoms with Crippen LogP contribution in [0.2, 0.25) is 0 Å². The molecule has 0 spiro atoms. The second-order valence-electron chi connectivity index (χ2n) is 4.55. The zero-order chi connectivity index (χ0) is 14.1. The standard InChI is InChI=1S/C14H11BrClN3O/c15-10-3-1-9(2-4-10)12-5-6-17-14(18-12)19-8-11(16)7-13(19)20/h1-6,11H,7-8H2. The van der Waals surface area contributed by atoms with Crippen molar-refractivity contribution in [1.82, 2.24) is 9.97 Å². The first-order valence-corrected chi connectivity index (χ1v) is 7.40. The normalized spacial score (nSPS) is 18.6. The minimum Gasteiger partial charge on any atom is -0.279 e. The third-order valence-electron chi connectivity index (χ3n) is 3.10. The van der Waals surface area contributed by atoms with Gasteiger partial charge in [0, 0.05) is 29.2 Å². The number of benzene rings is 1. The quantitative estimate of drug-likeness (QED) is 0.780. The summed E-state index contributed by atoms with van der Waals surface area (Å²) < 4.78 is 1.01. The number of carbonyl (C=O) groups is 1. The Bertz CT molecular complexity index is 647. The lowest BCUT2D eigenvalue weighted by Crippen LogP contribution is -2.26. The van der Waals surface area contributed by atoms with E-state index in [9.17, 15) is 4.79 Å². The lowest BCUT2D eigenvalue weighted by atomic mass is 10.1. The average molecular weight is 353 g/mol. The van der Waals surface area contributed by atoms with Gasteiger partial charge in [-0.05, 0) is 18.2 Å². The number of nitrogens with zero attached hydrogens (tertiary/aromatic N) is 3. The smallest absolute Gasteiger partial charge is 0.232 e. The van der Waals surface area contributed by atoms with Gasteiger partial charge in [0.15, 0.2) is 0 Å². The van der Waals surface area contributed by atoms with Gasteiger partial charge in [0.05, 0.1) is 11.1 Å². The summed E-state index contributed by atoms with van der Waals surface area (Å²) in [5.74, 6) is 0.386. The fraction of sp³-hybridized carbons (Fsp3) is 0.214. The predicted octanol–water partition coefficient (Wildman–Crippen LogP) is 3.25. The summed E-state index contributed by atoms with van der Waals surface area (Å²) in [6, 6.07) is 9.66. The predicted molar refractivity (Wildman–Crippen MR) is 81.8 cm³/mol. The van der Waals surface area contributed by atoms with Gasteiger partial charge in [-0.15, -0.1) is 11.6 Å². The van der Waals surface area contributed by atoms with Crippen molar-refractivity contribution in [2.45, 2.75) is 11.8 Å². The van der Waals surface area contributed by atoms with Crippen LogP contribution >= 0.6 is 27.5 Å². The Morgan fingerprint density at radius 3 is 2.65 bits per heavy atom. The average Bonchev–Trinajstić information content (AvgIpc) is 2.79. The van der Waals surface area contributed by atoms with E-state index in [4.69, 9.17) is 11.6 Å². The van der Waals surface area contributed by atoms with Crippen molar-refractivity contribution in [3.05, 3.63) is 41.0 Å². The topological polar surface area (TPSA) is 46.1 Å². The Morgan fingerprint density at radius 2 is 2.00 bits per heavy atom. The molecule has 6 heteroatoms. The third-order valence-corrected chi connectivity index (χ3v) is 3.92. The highest BCUT2D eigenvalue weighted by atomic mass is 79.9. The molecule has 1 atom stereocenters. The molecule has 1 aromatic heterocycles. The molecule has 20 heavy (non-hydrogen) atoms. The van der Waals surface area contributed by atoms with Crippen LogP contribution in [0.3, 0.4) is 0 Å². The highest BCUT2D eigenvalue weighted by Crippen LogP contribution is 2.24. The van der Waals surface area contributed by atoms with E-state index in [0.29, 0.717) is 18.9 Å². The monoisotopic (exact) mass is 351 g/mol. The Labute approximate surface area is 129 Å². The molecule has 0 bridgehead atoms. The van der Waals surface area contributed by atoms with E-state index in [2.05, 4.69) is 25.9 Å². The largest absolute Gasteiger partial charge is 0.279 e. The summed E-state index contributed by atoms with van der Waals surface area (Å²) in [6.07, 6.45) is 2.00. The van der Waals surface area contributed by atoms with Crippen LogP contribution in [-0.4, -0.2) is 27.8 Å². The zero-order valence-corrected chi connectivity index (χ0v) is 12.8. The SMILES string of the molecule is O=C1CC(Cl)CN1c1nccc(-c2ccc(Br)cc2)n1. The minimum absolute atomic E-state index is 0.0297. The van der Waals surface area contributed by atoms with Gasteiger partial charge in [0.2, 0.25) is 11.9 Å². The molecular formula is C14H11BrClN3O. The van der Waals surface area contributed by atoms with Crippen molar-refractivity contribution in [2.24, 2.45) is 0 Å². The van der Waals surface area contributed by atoms with Gasteiger partial charge in [0.25, 0.3) is 0 Å². The van der Waals surface area contributed by atoms with Gasteiger partial charge < -0.3 is 0 Å². The number of halogens is 2. The molecule has 1 amide bonds. The van der Waals surface area contributed by atoms with Crippen LogP contribution < -0.4 is 4.90 Å². The zero-order valence-electron chi connectivity index (χ0n) is 10.5. The van der Waals surface area contributed by atoms with Crippen LogP contribution in [-0.2, 0) is 4.79 Å². The molecule has 4 nitrogen and oxygen atoms in total. The van der Waals surface area contributed by atoms with Crippen molar-refractivity contribution in [3.8, 4) is 11.3 Å². The van der Waals surface area contributed by atoms with E-state index < -0.39 is 0 Å². The maximum Gasteiger partial charge on any atom is 0.232 e. The number of amides is 1. The molecular weight excluding hydrogens is 342 g/mol. The number of carbonyl (C=O) groups excluding carboxylic acids is 1. The molecule has 1 saturated heterocycles. The van der Waals surface area contributed by atoms with E-state index in [1.165, 1.54) is 0 Å². The lowest BCUT2D eigenvalue weighted by molar-refractivity contribution is -0.117. The number of anilines is 1. The van der Waals surface area contributed by atoms with Gasteiger partial charge in [-0.3, -0.25) is 9.69 Å². The van der Waals surface area contributed by atoms with E-state index in [1.54, 1.807) is 11.1 Å². The lowest BCUT2D eigenvalue weighted by Gasteiger charge is -2.14. The fourth-order valence-electron chi connectivity index (χ4n) is 2.12. The fourth-order valence-corrected chi connectivity index (χ4v) is 2.65. The first kappa shape index (κ1) is 13.5. The molecule has 3 rings (SSSR count). The van der Waals surface area contributed by atoms with Crippen molar-refractivity contribution >= 4 is 39.4 Å². The number of alkyl halides is 1. The molecule has 0 radical (unpaired) electrons. The second kappa shape index (κ2) is 5.50. The van der Waals surface area contributed by atoms with Crippen LogP contribution in [0.25, 0.3) is 11.3 Å². The molecule has 1 aliphatic heterocycles. The summed E-state index contributed by atoms with van der Waals surface area (Å²) in [5, 5.41) is -0.164. The van der Waals surface area contributed by atoms with Gasteiger partial charge in [-0.1, -0.05) is 28.1 Å². The maximum atomic E-state index is 11.8. The van der Waals surface area contributed by atoms with Gasteiger partial charge >= 0.3 is 0 Å². The Kier molecular flexibility index (Phi) is 3.72. The number of hydrogen-bond donors (Lipinski definition) is 0. The first-order chi connectivity index (χ1) is 9.63. The molecule has 2 heterocycles.